The molecule has 9 aromatic rings. The number of nitrogens with zero attached hydrogens (tertiary/aromatic N) is 1. The maximum Gasteiger partial charge on any atom is 0.0541 e. The Labute approximate surface area is 330 Å². The lowest BCUT2D eigenvalue weighted by molar-refractivity contribution is 0.590. The summed E-state index contributed by atoms with van der Waals surface area (Å²) in [5.74, 6) is 0.376. The molecule has 1 unspecified atom stereocenters. The minimum Gasteiger partial charge on any atom is -0.309 e. The van der Waals surface area contributed by atoms with E-state index in [-0.39, 0.29) is 5.41 Å². The van der Waals surface area contributed by atoms with E-state index in [2.05, 4.69) is 213 Å². The molecule has 56 heavy (non-hydrogen) atoms. The van der Waals surface area contributed by atoms with Crippen LogP contribution in [0.2, 0.25) is 0 Å². The molecule has 1 heteroatoms. The van der Waals surface area contributed by atoms with Crippen LogP contribution >= 0.6 is 0 Å². The Morgan fingerprint density at radius 2 is 1.12 bits per heavy atom. The van der Waals surface area contributed by atoms with Gasteiger partial charge in [-0.25, -0.2) is 0 Å². The van der Waals surface area contributed by atoms with Crippen molar-refractivity contribution < 1.29 is 0 Å². The fourth-order valence-electron chi connectivity index (χ4n) is 8.88. The molecule has 8 aromatic carbocycles. The van der Waals surface area contributed by atoms with Crippen LogP contribution in [0.1, 0.15) is 48.6 Å². The summed E-state index contributed by atoms with van der Waals surface area (Å²) >= 11 is 0. The van der Waals surface area contributed by atoms with Crippen molar-refractivity contribution in [2.24, 2.45) is 5.92 Å². The predicted molar refractivity (Wildman–Crippen MR) is 240 cm³/mol. The van der Waals surface area contributed by atoms with Gasteiger partial charge in [0.1, 0.15) is 0 Å². The first-order valence-corrected chi connectivity index (χ1v) is 20.0. The van der Waals surface area contributed by atoms with E-state index in [9.17, 15) is 0 Å². The second-order valence-corrected chi connectivity index (χ2v) is 16.7. The van der Waals surface area contributed by atoms with E-state index in [1.54, 1.807) is 0 Å². The summed E-state index contributed by atoms with van der Waals surface area (Å²) in [6, 6.07) is 67.8. The lowest BCUT2D eigenvalue weighted by Gasteiger charge is -2.27. The van der Waals surface area contributed by atoms with Crippen LogP contribution in [0.25, 0.3) is 72.2 Å². The van der Waals surface area contributed by atoms with Gasteiger partial charge in [-0.15, -0.1) is 0 Å². The van der Waals surface area contributed by atoms with Gasteiger partial charge in [-0.05, 0) is 126 Å². The van der Waals surface area contributed by atoms with Crippen LogP contribution < -0.4 is 0 Å². The Kier molecular flexibility index (Phi) is 8.33. The number of hydrogen-bond donors (Lipinski definition) is 0. The summed E-state index contributed by atoms with van der Waals surface area (Å²) in [7, 11) is 0. The molecule has 0 spiro atoms. The van der Waals surface area contributed by atoms with E-state index < -0.39 is 0 Å². The second-order valence-electron chi connectivity index (χ2n) is 16.7. The second kappa shape index (κ2) is 13.7. The molecule has 1 atom stereocenters. The molecular formula is C55H45N. The van der Waals surface area contributed by atoms with Crippen LogP contribution in [-0.4, -0.2) is 4.57 Å². The summed E-state index contributed by atoms with van der Waals surface area (Å²) < 4.78 is 2.46. The van der Waals surface area contributed by atoms with Crippen LogP contribution in [0.3, 0.4) is 0 Å². The van der Waals surface area contributed by atoms with Crippen molar-refractivity contribution in [2.75, 3.05) is 0 Å². The van der Waals surface area contributed by atoms with Crippen molar-refractivity contribution in [1.29, 1.82) is 0 Å². The molecule has 1 nitrogen and oxygen atoms in total. The van der Waals surface area contributed by atoms with Crippen molar-refractivity contribution >= 4 is 44.1 Å². The van der Waals surface area contributed by atoms with Gasteiger partial charge in [0, 0.05) is 11.1 Å². The third kappa shape index (κ3) is 6.34. The molecule has 1 aliphatic carbocycles. The summed E-state index contributed by atoms with van der Waals surface area (Å²) in [4.78, 5) is 0. The Hall–Kier alpha value is -6.44. The highest BCUT2D eigenvalue weighted by Crippen LogP contribution is 2.40. The van der Waals surface area contributed by atoms with Crippen LogP contribution in [0, 0.1) is 5.92 Å². The molecule has 0 saturated carbocycles. The van der Waals surface area contributed by atoms with Gasteiger partial charge in [-0.1, -0.05) is 179 Å². The van der Waals surface area contributed by atoms with Gasteiger partial charge >= 0.3 is 0 Å². The topological polar surface area (TPSA) is 4.93 Å². The molecule has 0 aliphatic heterocycles. The van der Waals surface area contributed by atoms with E-state index in [1.807, 2.05) is 0 Å². The van der Waals surface area contributed by atoms with Crippen LogP contribution in [0.4, 0.5) is 0 Å². The molecule has 0 radical (unpaired) electrons. The van der Waals surface area contributed by atoms with Crippen molar-refractivity contribution in [1.82, 2.24) is 4.57 Å². The van der Waals surface area contributed by atoms with Gasteiger partial charge in [-0.3, -0.25) is 0 Å². The zero-order valence-electron chi connectivity index (χ0n) is 32.3. The third-order valence-corrected chi connectivity index (χ3v) is 11.9. The third-order valence-electron chi connectivity index (χ3n) is 11.9. The largest absolute Gasteiger partial charge is 0.309 e. The fourth-order valence-corrected chi connectivity index (χ4v) is 8.88. The first-order valence-electron chi connectivity index (χ1n) is 20.0. The normalized spacial score (nSPS) is 14.3. The Morgan fingerprint density at radius 1 is 0.500 bits per heavy atom. The highest BCUT2D eigenvalue weighted by atomic mass is 15.0. The maximum atomic E-state index is 2.46. The SMILES string of the molecule is CC(C)(C)c1ccc(-n2c(-c3ccc4ccccc4c3)cc3ccc(-c4ccc5c(c4)CC(Cc4ccc6ccccc6c4)C(c4ccccc4)=C5)cc32)cc1. The Bertz CT molecular complexity index is 2930. The van der Waals surface area contributed by atoms with E-state index >= 15 is 0 Å². The number of rotatable bonds is 6. The molecule has 10 rings (SSSR count). The average molecular weight is 720 g/mol. The number of fused-ring (bicyclic) bond motifs is 4. The van der Waals surface area contributed by atoms with E-state index in [0.29, 0.717) is 5.92 Å². The number of hydrogen-bond acceptors (Lipinski definition) is 0. The van der Waals surface area contributed by atoms with Crippen molar-refractivity contribution in [3.8, 4) is 28.1 Å². The Morgan fingerprint density at radius 3 is 1.88 bits per heavy atom. The zero-order valence-corrected chi connectivity index (χ0v) is 32.3. The lowest BCUT2D eigenvalue weighted by Crippen LogP contribution is -2.15. The molecule has 1 heterocycles. The molecule has 1 aliphatic rings. The summed E-state index contributed by atoms with van der Waals surface area (Å²) in [6.07, 6.45) is 4.46. The average Bonchev–Trinajstić information content (AvgIpc) is 3.62. The van der Waals surface area contributed by atoms with E-state index in [4.69, 9.17) is 0 Å². The number of allylic oxidation sites excluding steroid dienone is 1. The van der Waals surface area contributed by atoms with Gasteiger partial charge in [0.15, 0.2) is 0 Å². The molecule has 0 N–H and O–H groups in total. The molecule has 0 bridgehead atoms. The summed E-state index contributed by atoms with van der Waals surface area (Å²) in [5, 5.41) is 6.35. The first kappa shape index (κ1) is 34.1. The van der Waals surface area contributed by atoms with Gasteiger partial charge < -0.3 is 4.57 Å². The van der Waals surface area contributed by atoms with E-state index in [0.717, 1.165) is 12.8 Å². The van der Waals surface area contributed by atoms with Crippen LogP contribution in [0.5, 0.6) is 0 Å². The number of aromatic nitrogens is 1. The van der Waals surface area contributed by atoms with Crippen LogP contribution in [-0.2, 0) is 18.3 Å². The monoisotopic (exact) mass is 719 g/mol. The molecule has 0 amide bonds. The minimum atomic E-state index is 0.0869. The molecule has 1 aromatic heterocycles. The van der Waals surface area contributed by atoms with Gasteiger partial charge in [0.2, 0.25) is 0 Å². The van der Waals surface area contributed by atoms with Gasteiger partial charge in [-0.2, -0.15) is 0 Å². The first-order chi connectivity index (χ1) is 27.3. The smallest absolute Gasteiger partial charge is 0.0541 e. The molecule has 0 fully saturated rings. The van der Waals surface area contributed by atoms with Gasteiger partial charge in [0.05, 0.1) is 11.2 Å². The quantitative estimate of drug-likeness (QED) is 0.161. The highest BCUT2D eigenvalue weighted by Gasteiger charge is 2.24. The van der Waals surface area contributed by atoms with Crippen molar-refractivity contribution in [3.63, 3.8) is 0 Å². The summed E-state index contributed by atoms with van der Waals surface area (Å²) in [6.45, 7) is 6.84. The van der Waals surface area contributed by atoms with E-state index in [1.165, 1.54) is 93.9 Å². The molecule has 270 valence electrons. The zero-order chi connectivity index (χ0) is 37.8. The lowest BCUT2D eigenvalue weighted by atomic mass is 9.77. The maximum absolute atomic E-state index is 2.46. The Balaban J connectivity index is 1.07. The minimum absolute atomic E-state index is 0.0869. The standard InChI is InChI=1S/C55H45N/c1-55(2,3)50-25-27-51(28-26-50)56-53-35-45(22-24-47(53)36-54(56)46-23-19-39-12-8-10-16-42(39)31-46)43-20-21-44-34-52(40-13-5-4-6-14-40)49(33-48(44)32-43)30-37-17-18-38-11-7-9-15-41(38)29-37/h4-29,31-32,34-36,49H,30,33H2,1-3H3. The van der Waals surface area contributed by atoms with Crippen molar-refractivity contribution in [2.45, 2.75) is 39.0 Å². The molecule has 0 saturated heterocycles. The van der Waals surface area contributed by atoms with Crippen molar-refractivity contribution in [3.05, 3.63) is 210 Å². The fraction of sp³-hybridized carbons (Fsp3) is 0.127. The summed E-state index contributed by atoms with van der Waals surface area (Å²) in [5.41, 5.74) is 15.6. The predicted octanol–water partition coefficient (Wildman–Crippen LogP) is 14.5. The highest BCUT2D eigenvalue weighted by molar-refractivity contribution is 5.95. The number of benzene rings is 8. The van der Waals surface area contributed by atoms with Gasteiger partial charge in [0.25, 0.3) is 0 Å². The van der Waals surface area contributed by atoms with Crippen LogP contribution in [0.15, 0.2) is 182 Å². The molecular weight excluding hydrogens is 675 g/mol.